The van der Waals surface area contributed by atoms with Crippen LogP contribution in [0.15, 0.2) is 24.3 Å². The van der Waals surface area contributed by atoms with Gasteiger partial charge >= 0.3 is 0 Å². The van der Waals surface area contributed by atoms with Crippen molar-refractivity contribution < 1.29 is 9.53 Å². The van der Waals surface area contributed by atoms with Gasteiger partial charge in [0.15, 0.2) is 0 Å². The molecule has 0 aromatic heterocycles. The zero-order valence-corrected chi connectivity index (χ0v) is 15.1. The normalized spacial score (nSPS) is 16.3. The third kappa shape index (κ3) is 7.42. The van der Waals surface area contributed by atoms with Crippen LogP contribution in [0.3, 0.4) is 0 Å². The Hall–Kier alpha value is -0.970. The van der Waals surface area contributed by atoms with Crippen molar-refractivity contribution in [2.45, 2.75) is 26.2 Å². The summed E-state index contributed by atoms with van der Waals surface area (Å²) in [5.41, 5.74) is 0. The van der Waals surface area contributed by atoms with Crippen LogP contribution in [0.4, 0.5) is 0 Å². The molecule has 4 nitrogen and oxygen atoms in total. The molecule has 0 radical (unpaired) electrons. The van der Waals surface area contributed by atoms with Gasteiger partial charge in [0.25, 0.3) is 0 Å². The van der Waals surface area contributed by atoms with Gasteiger partial charge in [0.05, 0.1) is 6.54 Å². The summed E-state index contributed by atoms with van der Waals surface area (Å²) in [6.07, 6.45) is 2.95. The van der Waals surface area contributed by atoms with Crippen molar-refractivity contribution in [3.63, 3.8) is 0 Å². The second-order valence-electron chi connectivity index (χ2n) is 5.92. The Balaban J connectivity index is 0.00000264. The maximum Gasteiger partial charge on any atom is 0.220 e. The van der Waals surface area contributed by atoms with E-state index < -0.39 is 0 Å². The SMILES string of the molecule is CC(CC(=O)NCCOc1ccc(Cl)cc1)C1CCNCC1.Cl. The van der Waals surface area contributed by atoms with Crippen LogP contribution < -0.4 is 15.4 Å². The first kappa shape index (κ1) is 20.1. The van der Waals surface area contributed by atoms with Crippen molar-refractivity contribution in [2.75, 3.05) is 26.2 Å². The molecule has 0 bridgehead atoms. The molecular weight excluding hydrogens is 335 g/mol. The summed E-state index contributed by atoms with van der Waals surface area (Å²) in [7, 11) is 0. The van der Waals surface area contributed by atoms with E-state index in [9.17, 15) is 4.79 Å². The van der Waals surface area contributed by atoms with Crippen LogP contribution in [0.2, 0.25) is 5.02 Å². The minimum Gasteiger partial charge on any atom is -0.492 e. The van der Waals surface area contributed by atoms with Gasteiger partial charge in [-0.2, -0.15) is 0 Å². The second kappa shape index (κ2) is 10.7. The number of benzene rings is 1. The van der Waals surface area contributed by atoms with E-state index in [-0.39, 0.29) is 18.3 Å². The highest BCUT2D eigenvalue weighted by Crippen LogP contribution is 2.24. The fourth-order valence-corrected chi connectivity index (χ4v) is 2.96. The van der Waals surface area contributed by atoms with E-state index in [1.54, 1.807) is 12.1 Å². The number of piperidine rings is 1. The summed E-state index contributed by atoms with van der Waals surface area (Å²) in [5, 5.41) is 6.97. The second-order valence-corrected chi connectivity index (χ2v) is 6.36. The molecule has 1 aliphatic heterocycles. The maximum atomic E-state index is 12.0. The topological polar surface area (TPSA) is 50.4 Å². The summed E-state index contributed by atoms with van der Waals surface area (Å²) in [6.45, 7) is 5.33. The van der Waals surface area contributed by atoms with Gasteiger partial charge < -0.3 is 15.4 Å². The Morgan fingerprint density at radius 3 is 2.65 bits per heavy atom. The number of hydrogen-bond donors (Lipinski definition) is 2. The number of hydrogen-bond acceptors (Lipinski definition) is 3. The van der Waals surface area contributed by atoms with Crippen molar-refractivity contribution >= 4 is 29.9 Å². The van der Waals surface area contributed by atoms with Crippen LogP contribution in [-0.2, 0) is 4.79 Å². The molecule has 1 unspecified atom stereocenters. The summed E-state index contributed by atoms with van der Waals surface area (Å²) >= 11 is 5.81. The number of ether oxygens (including phenoxy) is 1. The molecule has 6 heteroatoms. The molecular formula is C17H26Cl2N2O2. The molecule has 130 valence electrons. The zero-order valence-electron chi connectivity index (χ0n) is 13.5. The molecule has 1 amide bonds. The van der Waals surface area contributed by atoms with Gasteiger partial charge in [-0.25, -0.2) is 0 Å². The van der Waals surface area contributed by atoms with Crippen LogP contribution in [0.1, 0.15) is 26.2 Å². The van der Waals surface area contributed by atoms with Crippen LogP contribution in [0.25, 0.3) is 0 Å². The molecule has 1 aromatic carbocycles. The van der Waals surface area contributed by atoms with Crippen LogP contribution in [0.5, 0.6) is 5.75 Å². The molecule has 1 aromatic rings. The summed E-state index contributed by atoms with van der Waals surface area (Å²) < 4.78 is 5.55. The monoisotopic (exact) mass is 360 g/mol. The third-order valence-corrected chi connectivity index (χ3v) is 4.45. The first-order chi connectivity index (χ1) is 10.6. The number of nitrogens with one attached hydrogen (secondary N) is 2. The molecule has 1 heterocycles. The largest absolute Gasteiger partial charge is 0.492 e. The first-order valence-corrected chi connectivity index (χ1v) is 8.38. The lowest BCUT2D eigenvalue weighted by molar-refractivity contribution is -0.122. The molecule has 2 rings (SSSR count). The molecule has 2 N–H and O–H groups in total. The highest BCUT2D eigenvalue weighted by molar-refractivity contribution is 6.30. The molecule has 0 spiro atoms. The highest BCUT2D eigenvalue weighted by atomic mass is 35.5. The van der Waals surface area contributed by atoms with E-state index >= 15 is 0 Å². The summed E-state index contributed by atoms with van der Waals surface area (Å²) in [6, 6.07) is 7.22. The fraction of sp³-hybridized carbons (Fsp3) is 0.588. The smallest absolute Gasteiger partial charge is 0.220 e. The molecule has 1 saturated heterocycles. The molecule has 1 atom stereocenters. The Morgan fingerprint density at radius 1 is 1.35 bits per heavy atom. The lowest BCUT2D eigenvalue weighted by atomic mass is 9.84. The lowest BCUT2D eigenvalue weighted by Crippen LogP contribution is -2.34. The predicted molar refractivity (Wildman–Crippen MR) is 96.6 cm³/mol. The zero-order chi connectivity index (χ0) is 15.8. The van der Waals surface area contributed by atoms with E-state index in [2.05, 4.69) is 17.6 Å². The van der Waals surface area contributed by atoms with E-state index in [1.165, 1.54) is 12.8 Å². The molecule has 1 aliphatic rings. The molecule has 23 heavy (non-hydrogen) atoms. The number of carbonyl (C=O) groups excluding carboxylic acids is 1. The molecule has 0 saturated carbocycles. The average Bonchev–Trinajstić information content (AvgIpc) is 2.54. The molecule has 1 fully saturated rings. The Kier molecular flexibility index (Phi) is 9.37. The van der Waals surface area contributed by atoms with E-state index in [0.717, 1.165) is 18.8 Å². The minimum absolute atomic E-state index is 0. The summed E-state index contributed by atoms with van der Waals surface area (Å²) in [4.78, 5) is 12.0. The third-order valence-electron chi connectivity index (χ3n) is 4.20. The van der Waals surface area contributed by atoms with Crippen LogP contribution in [-0.4, -0.2) is 32.1 Å². The number of rotatable bonds is 7. The van der Waals surface area contributed by atoms with E-state index in [4.69, 9.17) is 16.3 Å². The maximum absolute atomic E-state index is 12.0. The summed E-state index contributed by atoms with van der Waals surface area (Å²) in [5.74, 6) is 1.99. The average molecular weight is 361 g/mol. The standard InChI is InChI=1S/C17H25ClN2O2.ClH/c1-13(14-6-8-19-9-7-14)12-17(21)20-10-11-22-16-4-2-15(18)3-5-16;/h2-5,13-14,19H,6-12H2,1H3,(H,20,21);1H. The number of halogens is 2. The van der Waals surface area contributed by atoms with Crippen LogP contribution >= 0.6 is 24.0 Å². The number of amides is 1. The van der Waals surface area contributed by atoms with Crippen molar-refractivity contribution in [3.05, 3.63) is 29.3 Å². The van der Waals surface area contributed by atoms with Crippen molar-refractivity contribution in [2.24, 2.45) is 11.8 Å². The van der Waals surface area contributed by atoms with Crippen LogP contribution in [0, 0.1) is 11.8 Å². The van der Waals surface area contributed by atoms with Crippen molar-refractivity contribution in [3.8, 4) is 5.75 Å². The van der Waals surface area contributed by atoms with Crippen molar-refractivity contribution in [1.29, 1.82) is 0 Å². The predicted octanol–water partition coefficient (Wildman–Crippen LogP) is 3.28. The van der Waals surface area contributed by atoms with Crippen molar-refractivity contribution in [1.82, 2.24) is 10.6 Å². The fourth-order valence-electron chi connectivity index (χ4n) is 2.83. The molecule has 0 aliphatic carbocycles. The quantitative estimate of drug-likeness (QED) is 0.733. The van der Waals surface area contributed by atoms with E-state index in [1.807, 2.05) is 12.1 Å². The van der Waals surface area contributed by atoms with Gasteiger partial charge in [0, 0.05) is 11.4 Å². The number of carbonyl (C=O) groups is 1. The highest BCUT2D eigenvalue weighted by Gasteiger charge is 2.21. The van der Waals surface area contributed by atoms with Gasteiger partial charge in [-0.1, -0.05) is 18.5 Å². The Labute approximate surface area is 149 Å². The van der Waals surface area contributed by atoms with Gasteiger partial charge in [-0.3, -0.25) is 4.79 Å². The minimum atomic E-state index is 0. The van der Waals surface area contributed by atoms with Gasteiger partial charge in [-0.15, -0.1) is 12.4 Å². The van der Waals surface area contributed by atoms with E-state index in [0.29, 0.717) is 36.4 Å². The first-order valence-electron chi connectivity index (χ1n) is 8.01. The Bertz CT molecular complexity index is 462. The van der Waals surface area contributed by atoms with Gasteiger partial charge in [0.2, 0.25) is 5.91 Å². The van der Waals surface area contributed by atoms with Gasteiger partial charge in [0.1, 0.15) is 12.4 Å². The lowest BCUT2D eigenvalue weighted by Gasteiger charge is -2.27. The van der Waals surface area contributed by atoms with Gasteiger partial charge in [-0.05, 0) is 62.0 Å². The Morgan fingerprint density at radius 2 is 2.00 bits per heavy atom.